The largest absolute Gasteiger partial charge is 0.492 e. The predicted molar refractivity (Wildman–Crippen MR) is 73.6 cm³/mol. The van der Waals surface area contributed by atoms with Gasteiger partial charge in [-0.1, -0.05) is 38.3 Å². The molecule has 17 heavy (non-hydrogen) atoms. The average molecular weight is 256 g/mol. The van der Waals surface area contributed by atoms with Crippen LogP contribution in [0.5, 0.6) is 5.75 Å². The lowest BCUT2D eigenvalue weighted by Gasteiger charge is -2.17. The third kappa shape index (κ3) is 5.94. The van der Waals surface area contributed by atoms with Crippen molar-refractivity contribution in [3.05, 3.63) is 29.3 Å². The molecule has 0 spiro atoms. The van der Waals surface area contributed by atoms with Gasteiger partial charge in [0.15, 0.2) is 0 Å². The van der Waals surface area contributed by atoms with E-state index in [1.807, 2.05) is 24.3 Å². The number of halogens is 1. The van der Waals surface area contributed by atoms with E-state index in [-0.39, 0.29) is 6.04 Å². The van der Waals surface area contributed by atoms with Crippen LogP contribution in [0.2, 0.25) is 5.02 Å². The lowest BCUT2D eigenvalue weighted by Crippen LogP contribution is -2.29. The van der Waals surface area contributed by atoms with E-state index in [4.69, 9.17) is 22.1 Å². The van der Waals surface area contributed by atoms with Crippen molar-refractivity contribution in [3.8, 4) is 5.75 Å². The Morgan fingerprint density at radius 3 is 2.53 bits per heavy atom. The minimum absolute atomic E-state index is 0.104. The maximum Gasteiger partial charge on any atom is 0.119 e. The summed E-state index contributed by atoms with van der Waals surface area (Å²) in [6.07, 6.45) is 3.46. The first-order chi connectivity index (χ1) is 8.11. The normalized spacial score (nSPS) is 14.4. The van der Waals surface area contributed by atoms with Crippen LogP contribution in [0.15, 0.2) is 24.3 Å². The summed E-state index contributed by atoms with van der Waals surface area (Å²) in [5.74, 6) is 1.50. The molecule has 0 fully saturated rings. The van der Waals surface area contributed by atoms with Gasteiger partial charge in [-0.3, -0.25) is 0 Å². The summed E-state index contributed by atoms with van der Waals surface area (Å²) in [7, 11) is 0. The number of rotatable bonds is 7. The fourth-order valence-corrected chi connectivity index (χ4v) is 2.06. The number of nitrogens with two attached hydrogens (primary N) is 1. The molecule has 0 heterocycles. The van der Waals surface area contributed by atoms with Crippen LogP contribution in [0.3, 0.4) is 0 Å². The zero-order valence-electron chi connectivity index (χ0n) is 10.7. The van der Waals surface area contributed by atoms with E-state index in [2.05, 4.69) is 13.8 Å². The van der Waals surface area contributed by atoms with Crippen molar-refractivity contribution in [2.24, 2.45) is 11.7 Å². The van der Waals surface area contributed by atoms with Crippen LogP contribution in [0.1, 0.15) is 33.1 Å². The second-order valence-corrected chi connectivity index (χ2v) is 5.09. The predicted octanol–water partition coefficient (Wildman–Crippen LogP) is 3.87. The molecule has 0 aliphatic carbocycles. The molecule has 0 radical (unpaired) electrons. The summed E-state index contributed by atoms with van der Waals surface area (Å²) in [5.41, 5.74) is 6.03. The van der Waals surface area contributed by atoms with E-state index in [0.717, 1.165) is 17.2 Å². The summed E-state index contributed by atoms with van der Waals surface area (Å²) in [6, 6.07) is 7.48. The van der Waals surface area contributed by atoms with Crippen LogP contribution >= 0.6 is 11.6 Å². The highest BCUT2D eigenvalue weighted by Crippen LogP contribution is 2.17. The van der Waals surface area contributed by atoms with Gasteiger partial charge in [0.05, 0.1) is 0 Å². The molecule has 0 bridgehead atoms. The Balaban J connectivity index is 2.27. The number of benzene rings is 1. The van der Waals surface area contributed by atoms with Gasteiger partial charge in [-0.05, 0) is 36.6 Å². The van der Waals surface area contributed by atoms with Crippen LogP contribution in [0.25, 0.3) is 0 Å². The molecule has 0 saturated carbocycles. The van der Waals surface area contributed by atoms with Crippen LogP contribution < -0.4 is 10.5 Å². The quantitative estimate of drug-likeness (QED) is 0.803. The Hall–Kier alpha value is -0.730. The first-order valence-corrected chi connectivity index (χ1v) is 6.63. The summed E-state index contributed by atoms with van der Waals surface area (Å²) in [6.45, 7) is 5.01. The van der Waals surface area contributed by atoms with Gasteiger partial charge in [-0.15, -0.1) is 0 Å². The Morgan fingerprint density at radius 1 is 1.29 bits per heavy atom. The minimum atomic E-state index is 0.104. The Kier molecular flexibility index (Phi) is 6.38. The molecule has 2 N–H and O–H groups in total. The molecule has 1 rings (SSSR count). The molecule has 2 atom stereocenters. The Morgan fingerprint density at radius 2 is 1.94 bits per heavy atom. The second kappa shape index (κ2) is 7.57. The zero-order valence-corrected chi connectivity index (χ0v) is 11.4. The molecule has 0 amide bonds. The summed E-state index contributed by atoms with van der Waals surface area (Å²) in [4.78, 5) is 0. The van der Waals surface area contributed by atoms with E-state index in [1.165, 1.54) is 12.8 Å². The van der Waals surface area contributed by atoms with E-state index in [1.54, 1.807) is 0 Å². The van der Waals surface area contributed by atoms with Crippen molar-refractivity contribution >= 4 is 11.6 Å². The molecular formula is C14H22ClNO. The van der Waals surface area contributed by atoms with Crippen LogP contribution in [-0.2, 0) is 0 Å². The first-order valence-electron chi connectivity index (χ1n) is 6.25. The SMILES string of the molecule is CCCC(C)CC(N)COc1ccc(Cl)cc1. The van der Waals surface area contributed by atoms with E-state index < -0.39 is 0 Å². The molecule has 1 aromatic carbocycles. The topological polar surface area (TPSA) is 35.2 Å². The standard InChI is InChI=1S/C14H22ClNO/c1-3-4-11(2)9-13(16)10-17-14-7-5-12(15)6-8-14/h5-8,11,13H,3-4,9-10,16H2,1-2H3. The lowest BCUT2D eigenvalue weighted by molar-refractivity contribution is 0.265. The van der Waals surface area contributed by atoms with Gasteiger partial charge in [0.2, 0.25) is 0 Å². The third-order valence-corrected chi connectivity index (χ3v) is 3.02. The number of hydrogen-bond acceptors (Lipinski definition) is 2. The van der Waals surface area contributed by atoms with Crippen molar-refractivity contribution in [2.45, 2.75) is 39.2 Å². The molecule has 1 aromatic rings. The molecule has 0 aliphatic rings. The molecular weight excluding hydrogens is 234 g/mol. The second-order valence-electron chi connectivity index (χ2n) is 4.65. The highest BCUT2D eigenvalue weighted by atomic mass is 35.5. The molecule has 3 heteroatoms. The van der Waals surface area contributed by atoms with E-state index in [9.17, 15) is 0 Å². The van der Waals surface area contributed by atoms with Crippen molar-refractivity contribution in [2.75, 3.05) is 6.61 Å². The van der Waals surface area contributed by atoms with Gasteiger partial charge in [-0.25, -0.2) is 0 Å². The van der Waals surface area contributed by atoms with Gasteiger partial charge in [0, 0.05) is 11.1 Å². The monoisotopic (exact) mass is 255 g/mol. The Bertz CT molecular complexity index is 313. The number of ether oxygens (including phenoxy) is 1. The maximum atomic E-state index is 6.03. The summed E-state index contributed by atoms with van der Waals surface area (Å²) in [5, 5.41) is 0.721. The fraction of sp³-hybridized carbons (Fsp3) is 0.571. The Labute approximate surface area is 109 Å². The van der Waals surface area contributed by atoms with Crippen LogP contribution in [0.4, 0.5) is 0 Å². The fourth-order valence-electron chi connectivity index (χ4n) is 1.93. The smallest absolute Gasteiger partial charge is 0.119 e. The van der Waals surface area contributed by atoms with Crippen molar-refractivity contribution < 1.29 is 4.74 Å². The van der Waals surface area contributed by atoms with Crippen LogP contribution in [0, 0.1) is 5.92 Å². The summed E-state index contributed by atoms with van der Waals surface area (Å²) < 4.78 is 5.62. The first kappa shape index (κ1) is 14.3. The maximum absolute atomic E-state index is 6.03. The van der Waals surface area contributed by atoms with Gasteiger partial charge in [0.25, 0.3) is 0 Å². The molecule has 0 aromatic heterocycles. The van der Waals surface area contributed by atoms with Gasteiger partial charge < -0.3 is 10.5 Å². The lowest BCUT2D eigenvalue weighted by atomic mass is 9.98. The van der Waals surface area contributed by atoms with Gasteiger partial charge in [-0.2, -0.15) is 0 Å². The number of hydrogen-bond donors (Lipinski definition) is 1. The van der Waals surface area contributed by atoms with Crippen LogP contribution in [-0.4, -0.2) is 12.6 Å². The van der Waals surface area contributed by atoms with E-state index in [0.29, 0.717) is 12.5 Å². The molecule has 0 aliphatic heterocycles. The molecule has 96 valence electrons. The van der Waals surface area contributed by atoms with E-state index >= 15 is 0 Å². The van der Waals surface area contributed by atoms with Gasteiger partial charge >= 0.3 is 0 Å². The highest BCUT2D eigenvalue weighted by Gasteiger charge is 2.09. The van der Waals surface area contributed by atoms with Crippen molar-refractivity contribution in [1.29, 1.82) is 0 Å². The molecule has 0 saturated heterocycles. The zero-order chi connectivity index (χ0) is 12.7. The van der Waals surface area contributed by atoms with Crippen molar-refractivity contribution in [1.82, 2.24) is 0 Å². The highest BCUT2D eigenvalue weighted by molar-refractivity contribution is 6.30. The summed E-state index contributed by atoms with van der Waals surface area (Å²) >= 11 is 5.80. The average Bonchev–Trinajstić information content (AvgIpc) is 2.28. The third-order valence-electron chi connectivity index (χ3n) is 2.76. The van der Waals surface area contributed by atoms with Crippen molar-refractivity contribution in [3.63, 3.8) is 0 Å². The van der Waals surface area contributed by atoms with Gasteiger partial charge in [0.1, 0.15) is 12.4 Å². The molecule has 2 unspecified atom stereocenters. The minimum Gasteiger partial charge on any atom is -0.492 e. The molecule has 2 nitrogen and oxygen atoms in total.